The van der Waals surface area contributed by atoms with Gasteiger partial charge in [-0.1, -0.05) is 12.2 Å². The van der Waals surface area contributed by atoms with Crippen LogP contribution in [0.15, 0.2) is 23.9 Å². The molecule has 0 atom stereocenters. The van der Waals surface area contributed by atoms with Crippen molar-refractivity contribution in [1.82, 2.24) is 5.32 Å². The Morgan fingerprint density at radius 2 is 2.11 bits per heavy atom. The van der Waals surface area contributed by atoms with Gasteiger partial charge in [-0.15, -0.1) is 0 Å². The van der Waals surface area contributed by atoms with Crippen LogP contribution in [0, 0.1) is 0 Å². The fraction of sp³-hybridized carbons (Fsp3) is 0.500. The smallest absolute Gasteiger partial charge is 0.0266 e. The minimum Gasteiger partial charge on any atom is -0.386 e. The molecule has 1 heteroatoms. The third kappa shape index (κ3) is 5.15. The molecule has 0 aromatic carbocycles. The van der Waals surface area contributed by atoms with Crippen LogP contribution < -0.4 is 5.32 Å². The van der Waals surface area contributed by atoms with Crippen LogP contribution >= 0.6 is 0 Å². The second-order valence-corrected chi connectivity index (χ2v) is 2.28. The zero-order valence-corrected chi connectivity index (χ0v) is 6.49. The van der Waals surface area contributed by atoms with E-state index in [-0.39, 0.29) is 0 Å². The molecular formula is C8H15N. The van der Waals surface area contributed by atoms with Gasteiger partial charge in [0.05, 0.1) is 0 Å². The average Bonchev–Trinajstić information content (AvgIpc) is 1.63. The molecule has 1 N–H and O–H groups in total. The lowest BCUT2D eigenvalue weighted by Gasteiger charge is -2.00. The highest BCUT2D eigenvalue weighted by molar-refractivity contribution is 5.16. The Morgan fingerprint density at radius 3 is 2.44 bits per heavy atom. The molecular weight excluding hydrogens is 110 g/mol. The first-order valence-corrected chi connectivity index (χ1v) is 3.24. The molecule has 0 aliphatic heterocycles. The zero-order chi connectivity index (χ0) is 7.28. The Labute approximate surface area is 57.5 Å². The van der Waals surface area contributed by atoms with Gasteiger partial charge in [-0.2, -0.15) is 0 Å². The van der Waals surface area contributed by atoms with E-state index in [1.807, 2.05) is 6.08 Å². The van der Waals surface area contributed by atoms with Crippen LogP contribution in [0.1, 0.15) is 20.8 Å². The molecule has 0 saturated carbocycles. The standard InChI is InChI=1S/C8H15N/c1-5-9-8(4)6-7(2)3/h6,9H,4-5H2,1-3H3. The zero-order valence-electron chi connectivity index (χ0n) is 6.49. The van der Waals surface area contributed by atoms with Gasteiger partial charge in [0.2, 0.25) is 0 Å². The summed E-state index contributed by atoms with van der Waals surface area (Å²) in [6.45, 7) is 10.9. The molecule has 0 rings (SSSR count). The summed E-state index contributed by atoms with van der Waals surface area (Å²) in [4.78, 5) is 0. The molecule has 52 valence electrons. The monoisotopic (exact) mass is 125 g/mol. The van der Waals surface area contributed by atoms with Crippen LogP contribution in [0.2, 0.25) is 0 Å². The van der Waals surface area contributed by atoms with Gasteiger partial charge in [0.1, 0.15) is 0 Å². The van der Waals surface area contributed by atoms with Gasteiger partial charge in [0.25, 0.3) is 0 Å². The maximum Gasteiger partial charge on any atom is 0.0266 e. The first-order valence-electron chi connectivity index (χ1n) is 3.24. The molecule has 0 radical (unpaired) electrons. The van der Waals surface area contributed by atoms with E-state index in [0.717, 1.165) is 12.2 Å². The molecule has 0 fully saturated rings. The SMILES string of the molecule is C=C(C=C(C)C)NCC. The van der Waals surface area contributed by atoms with Gasteiger partial charge < -0.3 is 5.32 Å². The van der Waals surface area contributed by atoms with Crippen molar-refractivity contribution < 1.29 is 0 Å². The van der Waals surface area contributed by atoms with Gasteiger partial charge >= 0.3 is 0 Å². The lowest BCUT2D eigenvalue weighted by Crippen LogP contribution is -2.08. The van der Waals surface area contributed by atoms with Crippen LogP contribution in [0.25, 0.3) is 0 Å². The van der Waals surface area contributed by atoms with Gasteiger partial charge in [0, 0.05) is 12.2 Å². The summed E-state index contributed by atoms with van der Waals surface area (Å²) in [5.41, 5.74) is 2.28. The predicted molar refractivity (Wildman–Crippen MR) is 42.2 cm³/mol. The number of hydrogen-bond donors (Lipinski definition) is 1. The Kier molecular flexibility index (Phi) is 3.85. The Bertz CT molecular complexity index is 119. The van der Waals surface area contributed by atoms with Crippen molar-refractivity contribution >= 4 is 0 Å². The highest BCUT2D eigenvalue weighted by Gasteiger charge is 1.82. The van der Waals surface area contributed by atoms with E-state index in [2.05, 4.69) is 32.7 Å². The first kappa shape index (κ1) is 8.28. The minimum atomic E-state index is 0.947. The minimum absolute atomic E-state index is 0.947. The Balaban J connectivity index is 3.63. The van der Waals surface area contributed by atoms with Crippen LogP contribution in [-0.4, -0.2) is 6.54 Å². The third-order valence-corrected chi connectivity index (χ3v) is 0.867. The summed E-state index contributed by atoms with van der Waals surface area (Å²) in [5.74, 6) is 0. The van der Waals surface area contributed by atoms with Crippen LogP contribution in [0.3, 0.4) is 0 Å². The van der Waals surface area contributed by atoms with Gasteiger partial charge in [-0.25, -0.2) is 0 Å². The molecule has 0 aromatic heterocycles. The molecule has 0 spiro atoms. The van der Waals surface area contributed by atoms with Crippen molar-refractivity contribution in [3.63, 3.8) is 0 Å². The summed E-state index contributed by atoms with van der Waals surface area (Å²) in [6, 6.07) is 0. The van der Waals surface area contributed by atoms with E-state index in [0.29, 0.717) is 0 Å². The quantitative estimate of drug-likeness (QED) is 0.569. The molecule has 0 heterocycles. The van der Waals surface area contributed by atoms with E-state index in [9.17, 15) is 0 Å². The van der Waals surface area contributed by atoms with E-state index in [1.54, 1.807) is 0 Å². The fourth-order valence-electron chi connectivity index (χ4n) is 0.627. The van der Waals surface area contributed by atoms with Gasteiger partial charge in [0.15, 0.2) is 0 Å². The largest absolute Gasteiger partial charge is 0.386 e. The first-order chi connectivity index (χ1) is 4.16. The highest BCUT2D eigenvalue weighted by Crippen LogP contribution is 1.93. The fourth-order valence-corrected chi connectivity index (χ4v) is 0.627. The topological polar surface area (TPSA) is 12.0 Å². The van der Waals surface area contributed by atoms with E-state index in [1.165, 1.54) is 5.57 Å². The Morgan fingerprint density at radius 1 is 1.56 bits per heavy atom. The van der Waals surface area contributed by atoms with Crippen molar-refractivity contribution in [2.24, 2.45) is 0 Å². The summed E-state index contributed by atoms with van der Waals surface area (Å²) < 4.78 is 0. The number of allylic oxidation sites excluding steroid dienone is 2. The molecule has 0 amide bonds. The molecule has 0 aliphatic rings. The van der Waals surface area contributed by atoms with Gasteiger partial charge in [-0.3, -0.25) is 0 Å². The van der Waals surface area contributed by atoms with Crippen LogP contribution in [0.5, 0.6) is 0 Å². The van der Waals surface area contributed by atoms with Crippen LogP contribution in [0.4, 0.5) is 0 Å². The summed E-state index contributed by atoms with van der Waals surface area (Å²) in [7, 11) is 0. The molecule has 0 aromatic rings. The van der Waals surface area contributed by atoms with Crippen LogP contribution in [-0.2, 0) is 0 Å². The molecule has 9 heavy (non-hydrogen) atoms. The second-order valence-electron chi connectivity index (χ2n) is 2.28. The molecule has 0 aliphatic carbocycles. The van der Waals surface area contributed by atoms with Crippen molar-refractivity contribution in [2.75, 3.05) is 6.54 Å². The summed E-state index contributed by atoms with van der Waals surface area (Å²) >= 11 is 0. The molecule has 1 nitrogen and oxygen atoms in total. The van der Waals surface area contributed by atoms with E-state index < -0.39 is 0 Å². The van der Waals surface area contributed by atoms with Gasteiger partial charge in [-0.05, 0) is 26.8 Å². The lowest BCUT2D eigenvalue weighted by molar-refractivity contribution is 0.880. The van der Waals surface area contributed by atoms with E-state index >= 15 is 0 Å². The summed E-state index contributed by atoms with van der Waals surface area (Å²) in [6.07, 6.45) is 2.03. The third-order valence-electron chi connectivity index (χ3n) is 0.867. The van der Waals surface area contributed by atoms with Crippen molar-refractivity contribution in [3.8, 4) is 0 Å². The number of rotatable bonds is 3. The van der Waals surface area contributed by atoms with Crippen molar-refractivity contribution in [1.29, 1.82) is 0 Å². The number of likely N-dealkylation sites (N-methyl/N-ethyl adjacent to an activating group) is 1. The van der Waals surface area contributed by atoms with Crippen molar-refractivity contribution in [3.05, 3.63) is 23.9 Å². The Hall–Kier alpha value is -0.720. The van der Waals surface area contributed by atoms with Crippen molar-refractivity contribution in [2.45, 2.75) is 20.8 Å². The maximum absolute atomic E-state index is 3.80. The second kappa shape index (κ2) is 4.19. The van der Waals surface area contributed by atoms with E-state index in [4.69, 9.17) is 0 Å². The maximum atomic E-state index is 3.80. The summed E-state index contributed by atoms with van der Waals surface area (Å²) in [5, 5.41) is 3.11. The lowest BCUT2D eigenvalue weighted by atomic mass is 10.3. The highest BCUT2D eigenvalue weighted by atomic mass is 14.9. The molecule has 0 bridgehead atoms. The normalized spacial score (nSPS) is 8.33. The predicted octanol–water partition coefficient (Wildman–Crippen LogP) is 2.08. The average molecular weight is 125 g/mol. The molecule has 0 saturated heterocycles. The number of nitrogens with one attached hydrogen (secondary N) is 1. The number of hydrogen-bond acceptors (Lipinski definition) is 1. The molecule has 0 unspecified atom stereocenters.